The molecule has 92 valence electrons. The van der Waals surface area contributed by atoms with Gasteiger partial charge in [-0.3, -0.25) is 0 Å². The molecule has 0 radical (unpaired) electrons. The summed E-state index contributed by atoms with van der Waals surface area (Å²) < 4.78 is 15.2. The largest absolute Gasteiger partial charge is 0.331 e. The summed E-state index contributed by atoms with van der Waals surface area (Å²) in [6.07, 6.45) is 0.906. The Balaban J connectivity index is 2.67. The lowest BCUT2D eigenvalue weighted by Crippen LogP contribution is -2.33. The zero-order valence-corrected chi connectivity index (χ0v) is 10.5. The van der Waals surface area contributed by atoms with Crippen LogP contribution in [0.5, 0.6) is 0 Å². The topological polar surface area (TPSA) is 43.8 Å². The molecule has 17 heavy (non-hydrogen) atoms. The van der Waals surface area contributed by atoms with E-state index < -0.39 is 0 Å². The van der Waals surface area contributed by atoms with Crippen LogP contribution in [0.1, 0.15) is 26.1 Å². The number of nitrogens with two attached hydrogens (primary N) is 1. The van der Waals surface area contributed by atoms with Crippen molar-refractivity contribution in [3.8, 4) is 0 Å². The van der Waals surface area contributed by atoms with Gasteiger partial charge in [-0.25, -0.2) is 9.37 Å². The Morgan fingerprint density at radius 3 is 2.76 bits per heavy atom. The second-order valence-electron chi connectivity index (χ2n) is 4.75. The molecule has 0 spiro atoms. The summed E-state index contributed by atoms with van der Waals surface area (Å²) in [7, 11) is 1.91. The molecule has 2 rings (SSSR count). The molecule has 0 fully saturated rings. The van der Waals surface area contributed by atoms with Gasteiger partial charge in [-0.2, -0.15) is 0 Å². The third kappa shape index (κ3) is 1.82. The summed E-state index contributed by atoms with van der Waals surface area (Å²) in [4.78, 5) is 4.58. The average Bonchev–Trinajstić information content (AvgIpc) is 2.66. The molecule has 1 aromatic heterocycles. The zero-order valence-electron chi connectivity index (χ0n) is 10.5. The molecule has 2 N–H and O–H groups in total. The van der Waals surface area contributed by atoms with Crippen molar-refractivity contribution in [2.24, 2.45) is 12.8 Å². The van der Waals surface area contributed by atoms with Crippen molar-refractivity contribution in [1.29, 1.82) is 0 Å². The maximum Gasteiger partial charge on any atom is 0.125 e. The van der Waals surface area contributed by atoms with Crippen LogP contribution in [-0.4, -0.2) is 16.1 Å². The highest BCUT2D eigenvalue weighted by atomic mass is 19.1. The molecule has 0 saturated carbocycles. The third-order valence-corrected chi connectivity index (χ3v) is 3.61. The van der Waals surface area contributed by atoms with E-state index in [9.17, 15) is 4.39 Å². The highest BCUT2D eigenvalue weighted by Crippen LogP contribution is 2.28. The molecular formula is C13H18FN3. The van der Waals surface area contributed by atoms with Crippen LogP contribution in [0.25, 0.3) is 11.0 Å². The molecule has 0 aliphatic carbocycles. The van der Waals surface area contributed by atoms with Gasteiger partial charge in [0.1, 0.15) is 11.6 Å². The van der Waals surface area contributed by atoms with Gasteiger partial charge < -0.3 is 10.3 Å². The summed E-state index contributed by atoms with van der Waals surface area (Å²) in [5.41, 5.74) is 7.31. The van der Waals surface area contributed by atoms with Crippen molar-refractivity contribution in [2.75, 3.05) is 6.54 Å². The second kappa shape index (κ2) is 4.11. The van der Waals surface area contributed by atoms with E-state index in [-0.39, 0.29) is 11.2 Å². The normalized spacial score (nSPS) is 15.1. The first-order valence-corrected chi connectivity index (χ1v) is 5.84. The number of hydrogen-bond donors (Lipinski definition) is 1. The fourth-order valence-electron chi connectivity index (χ4n) is 2.10. The first-order chi connectivity index (χ1) is 8.01. The monoisotopic (exact) mass is 235 g/mol. The van der Waals surface area contributed by atoms with E-state index in [4.69, 9.17) is 5.73 Å². The smallest absolute Gasteiger partial charge is 0.125 e. The number of halogens is 1. The highest BCUT2D eigenvalue weighted by molar-refractivity contribution is 5.76. The first-order valence-electron chi connectivity index (χ1n) is 5.84. The number of benzene rings is 1. The van der Waals surface area contributed by atoms with Crippen molar-refractivity contribution in [3.63, 3.8) is 0 Å². The second-order valence-corrected chi connectivity index (χ2v) is 4.75. The van der Waals surface area contributed by atoms with Gasteiger partial charge in [-0.05, 0) is 24.6 Å². The van der Waals surface area contributed by atoms with Gasteiger partial charge in [-0.1, -0.05) is 13.8 Å². The number of nitrogens with zero attached hydrogens (tertiary/aromatic N) is 2. The standard InChI is InChI=1S/C13H18FN3/c1-4-13(2,8-15)12-16-10-6-5-9(14)7-11(10)17(12)3/h5-7H,4,8,15H2,1-3H3. The highest BCUT2D eigenvalue weighted by Gasteiger charge is 2.28. The molecule has 3 nitrogen and oxygen atoms in total. The van der Waals surface area contributed by atoms with Crippen LogP contribution in [-0.2, 0) is 12.5 Å². The predicted molar refractivity (Wildman–Crippen MR) is 67.4 cm³/mol. The SMILES string of the molecule is CCC(C)(CN)c1nc2ccc(F)cc2n1C. The molecule has 1 atom stereocenters. The van der Waals surface area contributed by atoms with Crippen molar-refractivity contribution in [1.82, 2.24) is 9.55 Å². The van der Waals surface area contributed by atoms with Crippen LogP contribution in [0.15, 0.2) is 18.2 Å². The molecule has 1 heterocycles. The van der Waals surface area contributed by atoms with E-state index >= 15 is 0 Å². The van der Waals surface area contributed by atoms with Gasteiger partial charge >= 0.3 is 0 Å². The molecule has 0 saturated heterocycles. The minimum Gasteiger partial charge on any atom is -0.331 e. The molecule has 0 aliphatic heterocycles. The first kappa shape index (κ1) is 12.0. The van der Waals surface area contributed by atoms with Gasteiger partial charge in [0.15, 0.2) is 0 Å². The molecule has 0 aliphatic rings. The molecule has 0 bridgehead atoms. The summed E-state index contributed by atoms with van der Waals surface area (Å²) in [6, 6.07) is 4.66. The Kier molecular flexibility index (Phi) is 2.91. The fourth-order valence-corrected chi connectivity index (χ4v) is 2.10. The Morgan fingerprint density at radius 2 is 2.18 bits per heavy atom. The maximum absolute atomic E-state index is 13.2. The molecule has 0 amide bonds. The summed E-state index contributed by atoms with van der Waals surface area (Å²) >= 11 is 0. The minimum atomic E-state index is -0.238. The number of aromatic nitrogens is 2. The van der Waals surface area contributed by atoms with Gasteiger partial charge in [0, 0.05) is 19.0 Å². The summed E-state index contributed by atoms with van der Waals surface area (Å²) in [5.74, 6) is 0.682. The van der Waals surface area contributed by atoms with Gasteiger partial charge in [0.2, 0.25) is 0 Å². The van der Waals surface area contributed by atoms with E-state index in [0.29, 0.717) is 6.54 Å². The van der Waals surface area contributed by atoms with Crippen molar-refractivity contribution < 1.29 is 4.39 Å². The Morgan fingerprint density at radius 1 is 1.47 bits per heavy atom. The minimum absolute atomic E-state index is 0.162. The van der Waals surface area contributed by atoms with Gasteiger partial charge in [0.05, 0.1) is 11.0 Å². The van der Waals surface area contributed by atoms with Crippen LogP contribution in [0.3, 0.4) is 0 Å². The van der Waals surface area contributed by atoms with Crippen molar-refractivity contribution in [2.45, 2.75) is 25.7 Å². The van der Waals surface area contributed by atoms with E-state index in [0.717, 1.165) is 23.3 Å². The third-order valence-electron chi connectivity index (χ3n) is 3.61. The van der Waals surface area contributed by atoms with E-state index in [1.54, 1.807) is 6.07 Å². The Labute approximate surface area is 100 Å². The Bertz CT molecular complexity index is 541. The number of hydrogen-bond acceptors (Lipinski definition) is 2. The van der Waals surface area contributed by atoms with Crippen LogP contribution < -0.4 is 5.73 Å². The lowest BCUT2D eigenvalue weighted by molar-refractivity contribution is 0.427. The van der Waals surface area contributed by atoms with Gasteiger partial charge in [-0.15, -0.1) is 0 Å². The molecule has 2 aromatic rings. The summed E-state index contributed by atoms with van der Waals surface area (Å²) in [5, 5.41) is 0. The van der Waals surface area contributed by atoms with Crippen molar-refractivity contribution >= 4 is 11.0 Å². The van der Waals surface area contributed by atoms with E-state index in [1.807, 2.05) is 11.6 Å². The maximum atomic E-state index is 13.2. The quantitative estimate of drug-likeness (QED) is 0.887. The zero-order chi connectivity index (χ0) is 12.6. The lowest BCUT2D eigenvalue weighted by atomic mass is 9.87. The molecular weight excluding hydrogens is 217 g/mol. The molecule has 4 heteroatoms. The van der Waals surface area contributed by atoms with Crippen molar-refractivity contribution in [3.05, 3.63) is 29.8 Å². The van der Waals surface area contributed by atoms with Crippen LogP contribution in [0, 0.1) is 5.82 Å². The number of imidazole rings is 1. The summed E-state index contributed by atoms with van der Waals surface area (Å²) in [6.45, 7) is 4.71. The number of rotatable bonds is 3. The van der Waals surface area contributed by atoms with Crippen LogP contribution in [0.4, 0.5) is 4.39 Å². The van der Waals surface area contributed by atoms with Crippen LogP contribution >= 0.6 is 0 Å². The predicted octanol–water partition coefficient (Wildman–Crippen LogP) is 2.34. The van der Waals surface area contributed by atoms with Crippen LogP contribution in [0.2, 0.25) is 0 Å². The molecule has 1 unspecified atom stereocenters. The average molecular weight is 235 g/mol. The number of aryl methyl sites for hydroxylation is 1. The number of fused-ring (bicyclic) bond motifs is 1. The van der Waals surface area contributed by atoms with E-state index in [2.05, 4.69) is 18.8 Å². The van der Waals surface area contributed by atoms with E-state index in [1.165, 1.54) is 12.1 Å². The Hall–Kier alpha value is -1.42. The van der Waals surface area contributed by atoms with Gasteiger partial charge in [0.25, 0.3) is 0 Å². The molecule has 1 aromatic carbocycles. The fraction of sp³-hybridized carbons (Fsp3) is 0.462. The lowest BCUT2D eigenvalue weighted by Gasteiger charge is -2.25.